The molecule has 0 unspecified atom stereocenters. The summed E-state index contributed by atoms with van der Waals surface area (Å²) in [6.07, 6.45) is 4.12. The second-order valence-corrected chi connectivity index (χ2v) is 2.98. The first-order valence-electron chi connectivity index (χ1n) is 4.66. The summed E-state index contributed by atoms with van der Waals surface area (Å²) < 4.78 is 5.26. The average Bonchev–Trinajstić information content (AvgIpc) is 2.29. The molecular formula is C11H11NO4. The number of nitrogens with zero attached hydrogens (tertiary/aromatic N) is 1. The fourth-order valence-electron chi connectivity index (χ4n) is 1.11. The normalized spacial score (nSPS) is 10.3. The van der Waals surface area contributed by atoms with Gasteiger partial charge in [-0.1, -0.05) is 12.2 Å². The number of rotatable bonds is 5. The number of nitro benzene ring substituents is 1. The molecule has 5 heteroatoms. The van der Waals surface area contributed by atoms with Gasteiger partial charge in [-0.15, -0.1) is 0 Å². The van der Waals surface area contributed by atoms with Gasteiger partial charge in [0, 0.05) is 12.1 Å². The Hall–Kier alpha value is -2.17. The minimum Gasteiger partial charge on any atom is -0.489 e. The second-order valence-electron chi connectivity index (χ2n) is 2.98. The molecule has 1 aromatic carbocycles. The third-order valence-electron chi connectivity index (χ3n) is 1.90. The van der Waals surface area contributed by atoms with Crippen LogP contribution in [0.1, 0.15) is 17.3 Å². The lowest BCUT2D eigenvalue weighted by Gasteiger charge is -2.05. The van der Waals surface area contributed by atoms with Gasteiger partial charge in [0.15, 0.2) is 6.29 Å². The van der Waals surface area contributed by atoms with Crippen LogP contribution in [0.4, 0.5) is 5.69 Å². The number of carbonyl (C=O) groups excluding carboxylic acids is 1. The Labute approximate surface area is 92.5 Å². The third kappa shape index (κ3) is 2.91. The van der Waals surface area contributed by atoms with E-state index in [1.807, 2.05) is 13.0 Å². The van der Waals surface area contributed by atoms with Crippen molar-refractivity contribution in [1.82, 2.24) is 0 Å². The number of non-ortho nitro benzene ring substituents is 1. The van der Waals surface area contributed by atoms with Crippen LogP contribution in [0.5, 0.6) is 5.75 Å². The van der Waals surface area contributed by atoms with Crippen molar-refractivity contribution in [1.29, 1.82) is 0 Å². The zero-order chi connectivity index (χ0) is 12.0. The first kappa shape index (κ1) is 11.9. The fraction of sp³-hybridized carbons (Fsp3) is 0.182. The molecule has 0 saturated heterocycles. The lowest BCUT2D eigenvalue weighted by molar-refractivity contribution is -0.384. The summed E-state index contributed by atoms with van der Waals surface area (Å²) in [6.45, 7) is 2.18. The number of allylic oxidation sites excluding steroid dienone is 1. The summed E-state index contributed by atoms with van der Waals surface area (Å²) in [5.74, 6) is 0.346. The number of carbonyl (C=O) groups is 1. The molecule has 0 radical (unpaired) electrons. The number of nitro groups is 1. The molecule has 0 bridgehead atoms. The van der Waals surface area contributed by atoms with Gasteiger partial charge in [0.2, 0.25) is 0 Å². The van der Waals surface area contributed by atoms with Gasteiger partial charge in [-0.25, -0.2) is 0 Å². The molecule has 0 aliphatic carbocycles. The zero-order valence-electron chi connectivity index (χ0n) is 8.75. The first-order chi connectivity index (χ1) is 7.69. The molecule has 0 atom stereocenters. The Morgan fingerprint density at radius 1 is 1.50 bits per heavy atom. The van der Waals surface area contributed by atoms with E-state index in [-0.39, 0.29) is 11.3 Å². The maximum absolute atomic E-state index is 10.7. The van der Waals surface area contributed by atoms with Crippen LogP contribution in [0.2, 0.25) is 0 Å². The topological polar surface area (TPSA) is 69.4 Å². The first-order valence-corrected chi connectivity index (χ1v) is 4.66. The SMILES string of the molecule is C/C=C/COc1ccc([N+](=O)[O-])cc1C=O. The highest BCUT2D eigenvalue weighted by Gasteiger charge is 2.10. The zero-order valence-corrected chi connectivity index (χ0v) is 8.75. The van der Waals surface area contributed by atoms with Gasteiger partial charge < -0.3 is 4.74 Å². The van der Waals surface area contributed by atoms with Crippen LogP contribution < -0.4 is 4.74 Å². The number of benzene rings is 1. The number of hydrogen-bond donors (Lipinski definition) is 0. The standard InChI is InChI=1S/C11H11NO4/c1-2-3-6-16-11-5-4-10(12(14)15)7-9(11)8-13/h2-5,7-8H,6H2,1H3/b3-2+. The van der Waals surface area contributed by atoms with Gasteiger partial charge in [0.25, 0.3) is 5.69 Å². The monoisotopic (exact) mass is 221 g/mol. The Bertz CT molecular complexity index is 426. The molecule has 0 spiro atoms. The van der Waals surface area contributed by atoms with Crippen molar-refractivity contribution in [2.75, 3.05) is 6.61 Å². The number of hydrogen-bond acceptors (Lipinski definition) is 4. The van der Waals surface area contributed by atoms with Gasteiger partial charge in [-0.3, -0.25) is 14.9 Å². The van der Waals surface area contributed by atoms with E-state index in [1.54, 1.807) is 6.08 Å². The maximum atomic E-state index is 10.7. The largest absolute Gasteiger partial charge is 0.489 e. The Morgan fingerprint density at radius 3 is 2.81 bits per heavy atom. The van der Waals surface area contributed by atoms with Gasteiger partial charge in [-0.05, 0) is 13.0 Å². The van der Waals surface area contributed by atoms with E-state index in [4.69, 9.17) is 4.74 Å². The molecule has 1 aromatic rings. The van der Waals surface area contributed by atoms with Crippen LogP contribution in [-0.4, -0.2) is 17.8 Å². The van der Waals surface area contributed by atoms with Crippen molar-refractivity contribution in [3.8, 4) is 5.75 Å². The predicted molar refractivity (Wildman–Crippen MR) is 58.8 cm³/mol. The molecule has 0 aliphatic rings. The molecule has 0 heterocycles. The summed E-state index contributed by atoms with van der Waals surface area (Å²) in [4.78, 5) is 20.6. The van der Waals surface area contributed by atoms with E-state index >= 15 is 0 Å². The van der Waals surface area contributed by atoms with E-state index in [1.165, 1.54) is 18.2 Å². The maximum Gasteiger partial charge on any atom is 0.270 e. The van der Waals surface area contributed by atoms with Crippen molar-refractivity contribution < 1.29 is 14.5 Å². The van der Waals surface area contributed by atoms with E-state index < -0.39 is 4.92 Å². The minimum absolute atomic E-state index is 0.125. The summed E-state index contributed by atoms with van der Waals surface area (Å²) in [6, 6.07) is 3.92. The molecule has 1 rings (SSSR count). The molecule has 0 saturated carbocycles. The summed E-state index contributed by atoms with van der Waals surface area (Å²) in [5.41, 5.74) is 0.0548. The molecule has 0 aromatic heterocycles. The van der Waals surface area contributed by atoms with Crippen LogP contribution in [0, 0.1) is 10.1 Å². The summed E-state index contributed by atoms with van der Waals surface area (Å²) in [7, 11) is 0. The van der Waals surface area contributed by atoms with Crippen molar-refractivity contribution in [2.45, 2.75) is 6.92 Å². The van der Waals surface area contributed by atoms with Crippen LogP contribution in [0.25, 0.3) is 0 Å². The smallest absolute Gasteiger partial charge is 0.270 e. The highest BCUT2D eigenvalue weighted by Crippen LogP contribution is 2.22. The molecular weight excluding hydrogens is 210 g/mol. The van der Waals surface area contributed by atoms with Crippen molar-refractivity contribution in [3.63, 3.8) is 0 Å². The van der Waals surface area contributed by atoms with Crippen LogP contribution in [-0.2, 0) is 0 Å². The van der Waals surface area contributed by atoms with Crippen LogP contribution >= 0.6 is 0 Å². The molecule has 0 amide bonds. The number of ether oxygens (including phenoxy) is 1. The molecule has 84 valence electrons. The highest BCUT2D eigenvalue weighted by molar-refractivity contribution is 5.80. The molecule has 5 nitrogen and oxygen atoms in total. The van der Waals surface area contributed by atoms with E-state index in [0.29, 0.717) is 18.6 Å². The molecule has 0 N–H and O–H groups in total. The van der Waals surface area contributed by atoms with Crippen molar-refractivity contribution in [3.05, 3.63) is 46.0 Å². The minimum atomic E-state index is -0.553. The van der Waals surface area contributed by atoms with Gasteiger partial charge >= 0.3 is 0 Å². The highest BCUT2D eigenvalue weighted by atomic mass is 16.6. The molecule has 0 fully saturated rings. The average molecular weight is 221 g/mol. The lowest BCUT2D eigenvalue weighted by Crippen LogP contribution is -1.98. The Balaban J connectivity index is 2.93. The predicted octanol–water partition coefficient (Wildman–Crippen LogP) is 2.36. The van der Waals surface area contributed by atoms with Gasteiger partial charge in [0.05, 0.1) is 10.5 Å². The summed E-state index contributed by atoms with van der Waals surface area (Å²) in [5, 5.41) is 10.5. The third-order valence-corrected chi connectivity index (χ3v) is 1.90. The van der Waals surface area contributed by atoms with Crippen LogP contribution in [0.3, 0.4) is 0 Å². The number of aldehydes is 1. The van der Waals surface area contributed by atoms with E-state index in [2.05, 4.69) is 0 Å². The van der Waals surface area contributed by atoms with Gasteiger partial charge in [0.1, 0.15) is 12.4 Å². The van der Waals surface area contributed by atoms with Crippen LogP contribution in [0.15, 0.2) is 30.4 Å². The van der Waals surface area contributed by atoms with E-state index in [0.717, 1.165) is 0 Å². The molecule has 0 aliphatic heterocycles. The fourth-order valence-corrected chi connectivity index (χ4v) is 1.11. The van der Waals surface area contributed by atoms with Gasteiger partial charge in [-0.2, -0.15) is 0 Å². The Morgan fingerprint density at radius 2 is 2.25 bits per heavy atom. The van der Waals surface area contributed by atoms with Crippen molar-refractivity contribution >= 4 is 12.0 Å². The van der Waals surface area contributed by atoms with Crippen molar-refractivity contribution in [2.24, 2.45) is 0 Å². The Kier molecular flexibility index (Phi) is 4.20. The quantitative estimate of drug-likeness (QED) is 0.331. The lowest BCUT2D eigenvalue weighted by atomic mass is 10.2. The summed E-state index contributed by atoms with van der Waals surface area (Å²) >= 11 is 0. The molecule has 16 heavy (non-hydrogen) atoms. The second kappa shape index (κ2) is 5.65. The van der Waals surface area contributed by atoms with E-state index in [9.17, 15) is 14.9 Å².